The van der Waals surface area contributed by atoms with Crippen molar-refractivity contribution in [3.05, 3.63) is 0 Å². The summed E-state index contributed by atoms with van der Waals surface area (Å²) in [6, 6.07) is 0. The van der Waals surface area contributed by atoms with Crippen LogP contribution in [0.4, 0.5) is 0 Å². The summed E-state index contributed by atoms with van der Waals surface area (Å²) >= 11 is 0. The molecule has 1 saturated heterocycles. The molecule has 1 fully saturated rings. The third-order valence-corrected chi connectivity index (χ3v) is 2.97. The summed E-state index contributed by atoms with van der Waals surface area (Å²) in [6.07, 6.45) is 11.0. The smallest absolute Gasteiger partial charge is 0.0468 e. The second-order valence-electron chi connectivity index (χ2n) is 4.71. The lowest BCUT2D eigenvalue weighted by Crippen LogP contribution is -2.12. The Hall–Kier alpha value is -0.0400. The third-order valence-electron chi connectivity index (χ3n) is 2.97. The third kappa shape index (κ3) is 11.9. The van der Waals surface area contributed by atoms with E-state index in [-0.39, 0.29) is 0 Å². The topological polar surface area (TPSA) is 9.23 Å². The Balaban J connectivity index is 0.000000262. The number of rotatable bonds is 5. The lowest BCUT2D eigenvalue weighted by Gasteiger charge is -2.16. The van der Waals surface area contributed by atoms with E-state index in [9.17, 15) is 0 Å². The van der Waals surface area contributed by atoms with E-state index in [0.29, 0.717) is 0 Å². The maximum Gasteiger partial charge on any atom is 0.0468 e. The molecule has 0 atom stereocenters. The summed E-state index contributed by atoms with van der Waals surface area (Å²) in [4.78, 5) is 0. The van der Waals surface area contributed by atoms with Gasteiger partial charge in [-0.1, -0.05) is 59.3 Å². The molecule has 0 unspecified atom stereocenters. The average Bonchev–Trinajstić information content (AvgIpc) is 2.27. The molecule has 0 aromatic heterocycles. The van der Waals surface area contributed by atoms with Crippen LogP contribution in [0.1, 0.15) is 72.1 Å². The molecule has 1 aliphatic rings. The van der Waals surface area contributed by atoms with Gasteiger partial charge in [0.15, 0.2) is 0 Å². The Morgan fingerprint density at radius 2 is 1.33 bits per heavy atom. The predicted octanol–water partition coefficient (Wildman–Crippen LogP) is 4.80. The largest absolute Gasteiger partial charge is 0.381 e. The fourth-order valence-corrected chi connectivity index (χ4v) is 1.67. The van der Waals surface area contributed by atoms with Crippen molar-refractivity contribution in [2.75, 3.05) is 13.2 Å². The molecule has 0 N–H and O–H groups in total. The molecule has 0 aromatic rings. The van der Waals surface area contributed by atoms with Crippen molar-refractivity contribution in [2.24, 2.45) is 5.92 Å². The minimum absolute atomic E-state index is 0.911. The van der Waals surface area contributed by atoms with Gasteiger partial charge in [0, 0.05) is 13.2 Å². The van der Waals surface area contributed by atoms with Crippen LogP contribution in [-0.4, -0.2) is 13.2 Å². The van der Waals surface area contributed by atoms with Crippen LogP contribution in [0.3, 0.4) is 0 Å². The Bertz CT molecular complexity index is 99.9. The molecule has 1 heterocycles. The number of hydrogen-bond acceptors (Lipinski definition) is 1. The van der Waals surface area contributed by atoms with E-state index in [0.717, 1.165) is 19.1 Å². The minimum atomic E-state index is 0.911. The zero-order valence-electron chi connectivity index (χ0n) is 11.1. The van der Waals surface area contributed by atoms with Gasteiger partial charge in [0.2, 0.25) is 0 Å². The van der Waals surface area contributed by atoms with Gasteiger partial charge < -0.3 is 4.74 Å². The molecular weight excluding hydrogens is 184 g/mol. The van der Waals surface area contributed by atoms with Crippen molar-refractivity contribution >= 4 is 0 Å². The van der Waals surface area contributed by atoms with Gasteiger partial charge in [0.1, 0.15) is 0 Å². The normalized spacial score (nSPS) is 17.0. The van der Waals surface area contributed by atoms with Gasteiger partial charge in [0.05, 0.1) is 0 Å². The zero-order valence-corrected chi connectivity index (χ0v) is 11.1. The standard InChI is InChI=1S/C8H18.C6H12O/c1-3-5-7-8-6-4-2;1-6-2-4-7-5-3-6/h3-8H2,1-2H3;6H,2-5H2,1H3. The van der Waals surface area contributed by atoms with Gasteiger partial charge in [-0.25, -0.2) is 0 Å². The number of ether oxygens (including phenoxy) is 1. The summed E-state index contributed by atoms with van der Waals surface area (Å²) in [5, 5.41) is 0. The Morgan fingerprint density at radius 3 is 1.60 bits per heavy atom. The molecule has 1 nitrogen and oxygen atoms in total. The second kappa shape index (κ2) is 12.0. The van der Waals surface area contributed by atoms with E-state index >= 15 is 0 Å². The highest BCUT2D eigenvalue weighted by Crippen LogP contribution is 2.11. The van der Waals surface area contributed by atoms with Crippen LogP contribution in [0, 0.1) is 5.92 Å². The number of hydrogen-bond donors (Lipinski definition) is 0. The molecule has 0 amide bonds. The fraction of sp³-hybridized carbons (Fsp3) is 1.00. The van der Waals surface area contributed by atoms with Gasteiger partial charge in [-0.05, 0) is 18.8 Å². The highest BCUT2D eigenvalue weighted by atomic mass is 16.5. The molecule has 1 aliphatic heterocycles. The average molecular weight is 214 g/mol. The van der Waals surface area contributed by atoms with Crippen molar-refractivity contribution in [1.82, 2.24) is 0 Å². The molecule has 0 aromatic carbocycles. The van der Waals surface area contributed by atoms with E-state index in [1.54, 1.807) is 0 Å². The molecule has 1 rings (SSSR count). The van der Waals surface area contributed by atoms with E-state index in [1.165, 1.54) is 51.4 Å². The fourth-order valence-electron chi connectivity index (χ4n) is 1.67. The van der Waals surface area contributed by atoms with Gasteiger partial charge in [-0.2, -0.15) is 0 Å². The van der Waals surface area contributed by atoms with Crippen LogP contribution < -0.4 is 0 Å². The second-order valence-corrected chi connectivity index (χ2v) is 4.71. The molecule has 0 spiro atoms. The van der Waals surface area contributed by atoms with Gasteiger partial charge in [0.25, 0.3) is 0 Å². The first kappa shape index (κ1) is 15.0. The van der Waals surface area contributed by atoms with Gasteiger partial charge in [-0.15, -0.1) is 0 Å². The lowest BCUT2D eigenvalue weighted by molar-refractivity contribution is 0.0716. The molecule has 0 radical (unpaired) electrons. The molecule has 1 heteroatoms. The van der Waals surface area contributed by atoms with E-state index in [1.807, 2.05) is 0 Å². The monoisotopic (exact) mass is 214 g/mol. The summed E-state index contributed by atoms with van der Waals surface area (Å²) in [6.45, 7) is 8.77. The Labute approximate surface area is 96.6 Å². The maximum absolute atomic E-state index is 5.14. The molecule has 0 aliphatic carbocycles. The van der Waals surface area contributed by atoms with Crippen LogP contribution in [0.2, 0.25) is 0 Å². The Morgan fingerprint density at radius 1 is 0.867 bits per heavy atom. The van der Waals surface area contributed by atoms with Crippen molar-refractivity contribution in [2.45, 2.75) is 72.1 Å². The summed E-state index contributed by atoms with van der Waals surface area (Å²) in [7, 11) is 0. The van der Waals surface area contributed by atoms with Crippen molar-refractivity contribution in [3.8, 4) is 0 Å². The lowest BCUT2D eigenvalue weighted by atomic mass is 10.0. The van der Waals surface area contributed by atoms with Crippen LogP contribution in [-0.2, 0) is 4.74 Å². The number of unbranched alkanes of at least 4 members (excludes halogenated alkanes) is 5. The van der Waals surface area contributed by atoms with E-state index < -0.39 is 0 Å². The molecular formula is C14H30O. The first-order chi connectivity index (χ1) is 7.31. The maximum atomic E-state index is 5.14. The highest BCUT2D eigenvalue weighted by Gasteiger charge is 2.06. The van der Waals surface area contributed by atoms with E-state index in [2.05, 4.69) is 20.8 Å². The van der Waals surface area contributed by atoms with Crippen LogP contribution in [0.15, 0.2) is 0 Å². The molecule has 15 heavy (non-hydrogen) atoms. The quantitative estimate of drug-likeness (QED) is 0.597. The Kier molecular flexibility index (Phi) is 12.0. The van der Waals surface area contributed by atoms with Gasteiger partial charge in [-0.3, -0.25) is 0 Å². The van der Waals surface area contributed by atoms with Crippen molar-refractivity contribution < 1.29 is 4.74 Å². The SMILES string of the molecule is CC1CCOCC1.CCCCCCCC. The van der Waals surface area contributed by atoms with Crippen molar-refractivity contribution in [3.63, 3.8) is 0 Å². The van der Waals surface area contributed by atoms with Gasteiger partial charge >= 0.3 is 0 Å². The first-order valence-electron chi connectivity index (χ1n) is 6.89. The van der Waals surface area contributed by atoms with Crippen LogP contribution in [0.5, 0.6) is 0 Å². The van der Waals surface area contributed by atoms with Crippen LogP contribution >= 0.6 is 0 Å². The summed E-state index contributed by atoms with van der Waals surface area (Å²) < 4.78 is 5.14. The van der Waals surface area contributed by atoms with Crippen molar-refractivity contribution in [1.29, 1.82) is 0 Å². The summed E-state index contributed by atoms with van der Waals surface area (Å²) in [5.41, 5.74) is 0. The van der Waals surface area contributed by atoms with E-state index in [4.69, 9.17) is 4.74 Å². The first-order valence-corrected chi connectivity index (χ1v) is 6.89. The molecule has 0 bridgehead atoms. The molecule has 0 saturated carbocycles. The molecule has 92 valence electrons. The minimum Gasteiger partial charge on any atom is -0.381 e. The summed E-state index contributed by atoms with van der Waals surface area (Å²) in [5.74, 6) is 0.911. The zero-order chi connectivity index (χ0) is 11.4. The predicted molar refractivity (Wildman–Crippen MR) is 68.3 cm³/mol. The highest BCUT2D eigenvalue weighted by molar-refractivity contribution is 4.55. The van der Waals surface area contributed by atoms with Crippen LogP contribution in [0.25, 0.3) is 0 Å².